The van der Waals surface area contributed by atoms with Crippen molar-refractivity contribution in [2.24, 2.45) is 0 Å². The van der Waals surface area contributed by atoms with Crippen LogP contribution in [-0.2, 0) is 30.4 Å². The fourth-order valence-corrected chi connectivity index (χ4v) is 5.14. The highest BCUT2D eigenvalue weighted by molar-refractivity contribution is 6.20. The molecule has 9 nitrogen and oxygen atoms in total. The Balaban J connectivity index is 1.90. The van der Waals surface area contributed by atoms with Gasteiger partial charge in [-0.15, -0.1) is 11.6 Å². The van der Waals surface area contributed by atoms with Crippen LogP contribution in [0.1, 0.15) is 77.7 Å². The third-order valence-corrected chi connectivity index (χ3v) is 7.49. The average molecular weight is 614 g/mol. The molecule has 1 saturated heterocycles. The second-order valence-corrected chi connectivity index (χ2v) is 11.5. The van der Waals surface area contributed by atoms with Crippen LogP contribution in [-0.4, -0.2) is 64.0 Å². The molecule has 0 saturated carbocycles. The number of esters is 1. The molecule has 2 aromatic rings. The number of para-hydroxylation sites is 1. The van der Waals surface area contributed by atoms with Gasteiger partial charge in [-0.05, 0) is 57.2 Å². The Labute approximate surface area is 259 Å². The Kier molecular flexibility index (Phi) is 14.0. The Bertz CT molecular complexity index is 1180. The van der Waals surface area contributed by atoms with Crippen molar-refractivity contribution in [2.45, 2.75) is 102 Å². The summed E-state index contributed by atoms with van der Waals surface area (Å²) in [6.45, 7) is 5.92. The summed E-state index contributed by atoms with van der Waals surface area (Å²) in [6.07, 6.45) is 5.05. The SMILES string of the molecule is CCCCCCCC(CCC(C)Cl)OC(=O)C(C(=O)Nc1ccccc1)N1C(=O)C(OCC)N(Cc2ccccc2)C1=O. The lowest BCUT2D eigenvalue weighted by Crippen LogP contribution is -2.53. The predicted molar refractivity (Wildman–Crippen MR) is 166 cm³/mol. The van der Waals surface area contributed by atoms with Gasteiger partial charge in [0.1, 0.15) is 6.10 Å². The zero-order valence-corrected chi connectivity index (χ0v) is 26.1. The number of carbonyl (C=O) groups is 4. The zero-order valence-electron chi connectivity index (χ0n) is 25.4. The number of anilines is 1. The summed E-state index contributed by atoms with van der Waals surface area (Å²) in [7, 11) is 0. The molecular formula is C33H44ClN3O6. The largest absolute Gasteiger partial charge is 0.460 e. The van der Waals surface area contributed by atoms with Crippen molar-refractivity contribution in [3.05, 3.63) is 66.2 Å². The van der Waals surface area contributed by atoms with Crippen molar-refractivity contribution >= 4 is 41.1 Å². The van der Waals surface area contributed by atoms with E-state index in [1.807, 2.05) is 37.3 Å². The molecule has 1 heterocycles. The summed E-state index contributed by atoms with van der Waals surface area (Å²) in [5.41, 5.74) is 1.18. The monoisotopic (exact) mass is 613 g/mol. The van der Waals surface area contributed by atoms with E-state index in [4.69, 9.17) is 21.1 Å². The second-order valence-electron chi connectivity index (χ2n) is 10.8. The highest BCUT2D eigenvalue weighted by atomic mass is 35.5. The number of benzene rings is 2. The smallest absolute Gasteiger partial charge is 0.339 e. The number of hydrogen-bond donors (Lipinski definition) is 1. The minimum atomic E-state index is -1.85. The van der Waals surface area contributed by atoms with E-state index in [1.54, 1.807) is 37.3 Å². The normalized spacial score (nSPS) is 17.1. The standard InChI is InChI=1S/C33H44ClN3O6/c1-4-6-7-8-15-20-27(22-21-24(3)34)43-32(40)28(29(38)35-26-18-13-10-14-19-26)37-30(39)31(42-5-2)36(33(37)41)23-25-16-11-9-12-17-25/h9-14,16-19,24,27-28,31H,4-8,15,20-23H2,1-3H3,(H,35,38). The van der Waals surface area contributed by atoms with Crippen LogP contribution in [0.25, 0.3) is 0 Å². The highest BCUT2D eigenvalue weighted by Gasteiger charge is 2.53. The molecule has 0 aromatic heterocycles. The van der Waals surface area contributed by atoms with Gasteiger partial charge in [-0.25, -0.2) is 14.5 Å². The number of halogens is 1. The third kappa shape index (κ3) is 10.1. The minimum absolute atomic E-state index is 0.0582. The van der Waals surface area contributed by atoms with Crippen molar-refractivity contribution in [1.29, 1.82) is 0 Å². The van der Waals surface area contributed by atoms with Crippen LogP contribution in [0, 0.1) is 0 Å². The minimum Gasteiger partial charge on any atom is -0.460 e. The maximum Gasteiger partial charge on any atom is 0.339 e. The van der Waals surface area contributed by atoms with E-state index in [1.165, 1.54) is 4.90 Å². The van der Waals surface area contributed by atoms with Crippen LogP contribution < -0.4 is 5.32 Å². The lowest BCUT2D eigenvalue weighted by Gasteiger charge is -2.26. The number of carbonyl (C=O) groups excluding carboxylic acids is 4. The number of urea groups is 1. The van der Waals surface area contributed by atoms with E-state index in [2.05, 4.69) is 12.2 Å². The number of ether oxygens (including phenoxy) is 2. The molecular weight excluding hydrogens is 570 g/mol. The molecule has 1 aliphatic rings. The van der Waals surface area contributed by atoms with E-state index in [0.717, 1.165) is 37.7 Å². The lowest BCUT2D eigenvalue weighted by atomic mass is 10.0. The number of imide groups is 1. The van der Waals surface area contributed by atoms with Gasteiger partial charge in [-0.3, -0.25) is 14.5 Å². The number of amides is 4. The first-order chi connectivity index (χ1) is 20.8. The lowest BCUT2D eigenvalue weighted by molar-refractivity contribution is -0.161. The van der Waals surface area contributed by atoms with Gasteiger partial charge in [0.05, 0.1) is 6.54 Å². The fraction of sp³-hybridized carbons (Fsp3) is 0.515. The van der Waals surface area contributed by atoms with Crippen LogP contribution in [0.15, 0.2) is 60.7 Å². The van der Waals surface area contributed by atoms with Crippen LogP contribution in [0.2, 0.25) is 0 Å². The van der Waals surface area contributed by atoms with Crippen LogP contribution in [0.5, 0.6) is 0 Å². The number of unbranched alkanes of at least 4 members (excludes halogenated alkanes) is 4. The first-order valence-corrected chi connectivity index (χ1v) is 15.7. The third-order valence-electron chi connectivity index (χ3n) is 7.27. The van der Waals surface area contributed by atoms with E-state index in [-0.39, 0.29) is 18.5 Å². The van der Waals surface area contributed by atoms with E-state index < -0.39 is 42.2 Å². The zero-order chi connectivity index (χ0) is 31.2. The molecule has 3 rings (SSSR count). The molecule has 0 bridgehead atoms. The molecule has 0 spiro atoms. The van der Waals surface area contributed by atoms with Gasteiger partial charge < -0.3 is 14.8 Å². The van der Waals surface area contributed by atoms with Crippen molar-refractivity contribution in [1.82, 2.24) is 9.80 Å². The first kappa shape index (κ1) is 34.1. The molecule has 10 heteroatoms. The first-order valence-electron chi connectivity index (χ1n) is 15.3. The Morgan fingerprint density at radius 2 is 1.56 bits per heavy atom. The molecule has 1 aliphatic heterocycles. The number of hydrogen-bond acceptors (Lipinski definition) is 6. The van der Waals surface area contributed by atoms with Crippen molar-refractivity contribution < 1.29 is 28.7 Å². The summed E-state index contributed by atoms with van der Waals surface area (Å²) >= 11 is 6.21. The van der Waals surface area contributed by atoms with Crippen molar-refractivity contribution in [3.8, 4) is 0 Å². The Hall–Kier alpha value is -3.43. The number of nitrogens with one attached hydrogen (secondary N) is 1. The maximum atomic E-state index is 13.9. The summed E-state index contributed by atoms with van der Waals surface area (Å²) in [5, 5.41) is 2.55. The van der Waals surface area contributed by atoms with Crippen LogP contribution in [0.4, 0.5) is 10.5 Å². The quantitative estimate of drug-likeness (QED) is 0.0676. The van der Waals surface area contributed by atoms with Gasteiger partial charge in [0.25, 0.3) is 11.8 Å². The average Bonchev–Trinajstić information content (AvgIpc) is 3.21. The summed E-state index contributed by atoms with van der Waals surface area (Å²) in [5.74, 6) is -2.60. The molecule has 1 fully saturated rings. The van der Waals surface area contributed by atoms with Crippen molar-refractivity contribution in [2.75, 3.05) is 11.9 Å². The van der Waals surface area contributed by atoms with E-state index in [9.17, 15) is 19.2 Å². The van der Waals surface area contributed by atoms with Crippen LogP contribution in [0.3, 0.4) is 0 Å². The molecule has 0 aliphatic carbocycles. The van der Waals surface area contributed by atoms with Crippen molar-refractivity contribution in [3.63, 3.8) is 0 Å². The molecule has 234 valence electrons. The van der Waals surface area contributed by atoms with Gasteiger partial charge in [0, 0.05) is 17.7 Å². The van der Waals surface area contributed by atoms with Gasteiger partial charge >= 0.3 is 12.0 Å². The van der Waals surface area contributed by atoms with E-state index >= 15 is 0 Å². The molecule has 43 heavy (non-hydrogen) atoms. The molecule has 4 unspecified atom stereocenters. The Morgan fingerprint density at radius 3 is 2.19 bits per heavy atom. The van der Waals surface area contributed by atoms with Gasteiger partial charge in [-0.1, -0.05) is 81.1 Å². The molecule has 2 aromatic carbocycles. The summed E-state index contributed by atoms with van der Waals surface area (Å²) < 4.78 is 11.6. The van der Waals surface area contributed by atoms with Crippen LogP contribution >= 0.6 is 11.6 Å². The predicted octanol–water partition coefficient (Wildman–Crippen LogP) is 6.50. The topological polar surface area (TPSA) is 105 Å². The Morgan fingerprint density at radius 1 is 0.907 bits per heavy atom. The molecule has 0 radical (unpaired) electrons. The maximum absolute atomic E-state index is 13.9. The number of alkyl halides is 1. The summed E-state index contributed by atoms with van der Waals surface area (Å²) in [6, 6.07) is 15.0. The molecule has 1 N–H and O–H groups in total. The summed E-state index contributed by atoms with van der Waals surface area (Å²) in [4.78, 5) is 57.0. The number of rotatable bonds is 18. The van der Waals surface area contributed by atoms with E-state index in [0.29, 0.717) is 29.8 Å². The number of nitrogens with zero attached hydrogens (tertiary/aromatic N) is 2. The van der Waals surface area contributed by atoms with Gasteiger partial charge in [-0.2, -0.15) is 0 Å². The van der Waals surface area contributed by atoms with Gasteiger partial charge in [0.2, 0.25) is 12.3 Å². The highest BCUT2D eigenvalue weighted by Crippen LogP contribution is 2.26. The molecule has 4 amide bonds. The second kappa shape index (κ2) is 17.6. The fourth-order valence-electron chi connectivity index (χ4n) is 5.02. The van der Waals surface area contributed by atoms with Gasteiger partial charge in [0.15, 0.2) is 0 Å². The molecule has 4 atom stereocenters.